The van der Waals surface area contributed by atoms with E-state index < -0.39 is 36.4 Å². The van der Waals surface area contributed by atoms with Crippen LogP contribution in [0.2, 0.25) is 0 Å². The number of aryl methyl sites for hydroxylation is 1. The van der Waals surface area contributed by atoms with Crippen LogP contribution in [0.15, 0.2) is 48.5 Å². The van der Waals surface area contributed by atoms with E-state index in [1.54, 1.807) is 6.07 Å². The second-order valence-corrected chi connectivity index (χ2v) is 9.01. The quantitative estimate of drug-likeness (QED) is 0.352. The third kappa shape index (κ3) is 7.88. The Morgan fingerprint density at radius 2 is 1.74 bits per heavy atom. The molecule has 2 rings (SSSR count). The fourth-order valence-electron chi connectivity index (χ4n) is 3.67. The van der Waals surface area contributed by atoms with E-state index in [0.29, 0.717) is 13.0 Å². The summed E-state index contributed by atoms with van der Waals surface area (Å²) in [7, 11) is 1.24. The summed E-state index contributed by atoms with van der Waals surface area (Å²) in [4.78, 5) is 36.6. The molecule has 0 spiro atoms. The van der Waals surface area contributed by atoms with Gasteiger partial charge in [-0.1, -0.05) is 56.3 Å². The normalized spacial score (nSPS) is 13.1. The SMILES string of the molecule is COC(=O)[C@H](Cc1ccccc1)NC(=O)[C@H](CC(=O)O)NCCC(C)(C)c1ccc(O)c(C)c1. The number of methoxy groups -OCH3 is 1. The number of rotatable bonds is 12. The Labute approximate surface area is 200 Å². The largest absolute Gasteiger partial charge is 0.508 e. The van der Waals surface area contributed by atoms with Crippen LogP contribution in [0.5, 0.6) is 5.75 Å². The fraction of sp³-hybridized carbons (Fsp3) is 0.423. The number of carbonyl (C=O) groups is 3. The Morgan fingerprint density at radius 3 is 2.32 bits per heavy atom. The number of carboxylic acids is 1. The van der Waals surface area contributed by atoms with E-state index in [1.165, 1.54) is 7.11 Å². The minimum absolute atomic E-state index is 0.228. The second-order valence-electron chi connectivity index (χ2n) is 9.01. The number of carbonyl (C=O) groups excluding carboxylic acids is 2. The van der Waals surface area contributed by atoms with Gasteiger partial charge in [0.2, 0.25) is 5.91 Å². The molecule has 184 valence electrons. The number of carboxylic acid groups (broad SMARTS) is 1. The standard InChI is InChI=1S/C26H34N2O6/c1-17-14-19(10-11-22(17)29)26(2,3)12-13-27-20(16-23(30)31)24(32)28-21(25(33)34-4)15-18-8-6-5-7-9-18/h5-11,14,20-21,27,29H,12-13,15-16H2,1-4H3,(H,28,32)(H,30,31)/t20-,21-/m0/s1. The highest BCUT2D eigenvalue weighted by Crippen LogP contribution is 2.30. The number of aromatic hydroxyl groups is 1. The molecule has 2 aromatic rings. The van der Waals surface area contributed by atoms with Crippen molar-refractivity contribution in [3.63, 3.8) is 0 Å². The summed E-state index contributed by atoms with van der Waals surface area (Å²) in [6.07, 6.45) is 0.418. The average Bonchev–Trinajstić information content (AvgIpc) is 2.79. The third-order valence-electron chi connectivity index (χ3n) is 5.90. The summed E-state index contributed by atoms with van der Waals surface area (Å²) in [5.74, 6) is -2.08. The molecule has 0 saturated heterocycles. The first-order chi connectivity index (χ1) is 16.0. The molecule has 0 heterocycles. The van der Waals surface area contributed by atoms with Crippen LogP contribution >= 0.6 is 0 Å². The van der Waals surface area contributed by atoms with Gasteiger partial charge < -0.3 is 25.6 Å². The van der Waals surface area contributed by atoms with Crippen LogP contribution in [0, 0.1) is 6.92 Å². The number of amides is 1. The number of phenols is 1. The van der Waals surface area contributed by atoms with Gasteiger partial charge in [-0.25, -0.2) is 4.79 Å². The molecule has 34 heavy (non-hydrogen) atoms. The molecule has 0 radical (unpaired) electrons. The molecule has 0 bridgehead atoms. The van der Waals surface area contributed by atoms with Crippen molar-refractivity contribution < 1.29 is 29.3 Å². The lowest BCUT2D eigenvalue weighted by Gasteiger charge is -2.27. The van der Waals surface area contributed by atoms with Crippen LogP contribution in [0.3, 0.4) is 0 Å². The van der Waals surface area contributed by atoms with Gasteiger partial charge in [0.25, 0.3) is 0 Å². The van der Waals surface area contributed by atoms with Crippen molar-refractivity contribution in [3.05, 3.63) is 65.2 Å². The van der Waals surface area contributed by atoms with E-state index >= 15 is 0 Å². The summed E-state index contributed by atoms with van der Waals surface area (Å²) < 4.78 is 4.83. The lowest BCUT2D eigenvalue weighted by atomic mass is 9.81. The molecule has 0 aliphatic heterocycles. The van der Waals surface area contributed by atoms with Gasteiger partial charge >= 0.3 is 11.9 Å². The molecule has 2 aromatic carbocycles. The van der Waals surface area contributed by atoms with Crippen molar-refractivity contribution in [1.82, 2.24) is 10.6 Å². The van der Waals surface area contributed by atoms with E-state index in [-0.39, 0.29) is 17.6 Å². The zero-order valence-corrected chi connectivity index (χ0v) is 20.1. The molecular formula is C26H34N2O6. The number of nitrogens with one attached hydrogen (secondary N) is 2. The first-order valence-electron chi connectivity index (χ1n) is 11.2. The highest BCUT2D eigenvalue weighted by atomic mass is 16.5. The molecule has 0 aliphatic rings. The maximum atomic E-state index is 12.9. The highest BCUT2D eigenvalue weighted by Gasteiger charge is 2.29. The average molecular weight is 471 g/mol. The van der Waals surface area contributed by atoms with Gasteiger partial charge in [0, 0.05) is 6.42 Å². The first-order valence-corrected chi connectivity index (χ1v) is 11.2. The highest BCUT2D eigenvalue weighted by molar-refractivity contribution is 5.90. The summed E-state index contributed by atoms with van der Waals surface area (Å²) in [6.45, 7) is 6.28. The number of phenolic OH excluding ortho intramolecular Hbond substituents is 1. The minimum Gasteiger partial charge on any atom is -0.508 e. The van der Waals surface area contributed by atoms with Crippen LogP contribution < -0.4 is 10.6 Å². The van der Waals surface area contributed by atoms with Crippen molar-refractivity contribution in [2.24, 2.45) is 0 Å². The molecule has 4 N–H and O–H groups in total. The first kappa shape index (κ1) is 26.9. The van der Waals surface area contributed by atoms with Crippen molar-refractivity contribution in [3.8, 4) is 5.75 Å². The van der Waals surface area contributed by atoms with E-state index in [9.17, 15) is 24.6 Å². The summed E-state index contributed by atoms with van der Waals surface area (Å²) in [5, 5.41) is 24.8. The second kappa shape index (κ2) is 12.2. The molecule has 0 aromatic heterocycles. The Bertz CT molecular complexity index is 990. The lowest BCUT2D eigenvalue weighted by Crippen LogP contribution is -2.52. The van der Waals surface area contributed by atoms with Crippen LogP contribution in [0.25, 0.3) is 0 Å². The zero-order chi connectivity index (χ0) is 25.3. The van der Waals surface area contributed by atoms with Crippen LogP contribution in [0.1, 0.15) is 43.4 Å². The van der Waals surface area contributed by atoms with E-state index in [0.717, 1.165) is 16.7 Å². The fourth-order valence-corrected chi connectivity index (χ4v) is 3.67. The Balaban J connectivity index is 2.06. The van der Waals surface area contributed by atoms with E-state index in [2.05, 4.69) is 10.6 Å². The molecule has 0 unspecified atom stereocenters. The molecule has 0 saturated carbocycles. The summed E-state index contributed by atoms with van der Waals surface area (Å²) >= 11 is 0. The van der Waals surface area contributed by atoms with Crippen LogP contribution in [0.4, 0.5) is 0 Å². The number of hydrogen-bond acceptors (Lipinski definition) is 6. The smallest absolute Gasteiger partial charge is 0.328 e. The number of benzene rings is 2. The minimum atomic E-state index is -1.13. The van der Waals surface area contributed by atoms with Crippen LogP contribution in [-0.4, -0.2) is 53.8 Å². The maximum Gasteiger partial charge on any atom is 0.328 e. The Morgan fingerprint density at radius 1 is 1.06 bits per heavy atom. The van der Waals surface area contributed by atoms with Crippen LogP contribution in [-0.2, 0) is 31.0 Å². The van der Waals surface area contributed by atoms with Gasteiger partial charge in [-0.2, -0.15) is 0 Å². The monoisotopic (exact) mass is 470 g/mol. The van der Waals surface area contributed by atoms with E-state index in [1.807, 2.05) is 63.2 Å². The molecule has 0 fully saturated rings. The maximum absolute atomic E-state index is 12.9. The molecule has 1 amide bonds. The van der Waals surface area contributed by atoms with Gasteiger partial charge in [0.15, 0.2) is 0 Å². The van der Waals surface area contributed by atoms with Crippen molar-refractivity contribution in [2.75, 3.05) is 13.7 Å². The topological polar surface area (TPSA) is 125 Å². The van der Waals surface area contributed by atoms with Gasteiger partial charge in [-0.3, -0.25) is 9.59 Å². The van der Waals surface area contributed by atoms with Gasteiger partial charge in [-0.05, 0) is 48.1 Å². The number of ether oxygens (including phenoxy) is 1. The number of hydrogen-bond donors (Lipinski definition) is 4. The molecule has 8 heteroatoms. The third-order valence-corrected chi connectivity index (χ3v) is 5.90. The lowest BCUT2D eigenvalue weighted by molar-refractivity contribution is -0.145. The summed E-state index contributed by atoms with van der Waals surface area (Å²) in [5.41, 5.74) is 2.36. The number of esters is 1. The van der Waals surface area contributed by atoms with E-state index in [4.69, 9.17) is 4.74 Å². The molecular weight excluding hydrogens is 436 g/mol. The predicted molar refractivity (Wildman–Crippen MR) is 129 cm³/mol. The predicted octanol–water partition coefficient (Wildman–Crippen LogP) is 2.70. The Kier molecular flexibility index (Phi) is 9.62. The summed E-state index contributed by atoms with van der Waals surface area (Å²) in [6, 6.07) is 12.7. The van der Waals surface area contributed by atoms with Gasteiger partial charge in [0.1, 0.15) is 11.8 Å². The molecule has 2 atom stereocenters. The van der Waals surface area contributed by atoms with Crippen molar-refractivity contribution in [2.45, 2.75) is 57.5 Å². The van der Waals surface area contributed by atoms with Crippen molar-refractivity contribution in [1.29, 1.82) is 0 Å². The number of aliphatic carboxylic acids is 1. The van der Waals surface area contributed by atoms with Gasteiger partial charge in [-0.15, -0.1) is 0 Å². The zero-order valence-electron chi connectivity index (χ0n) is 20.1. The van der Waals surface area contributed by atoms with Crippen molar-refractivity contribution >= 4 is 17.8 Å². The molecule has 8 nitrogen and oxygen atoms in total. The Hall–Kier alpha value is -3.39. The van der Waals surface area contributed by atoms with Gasteiger partial charge in [0.05, 0.1) is 19.6 Å². The molecule has 0 aliphatic carbocycles.